The molecule has 0 aliphatic rings. The highest BCUT2D eigenvalue weighted by molar-refractivity contribution is 6.33. The molecular formula is C15H13ClN2O3. The maximum Gasteiger partial charge on any atom is 0.337 e. The van der Waals surface area contributed by atoms with Gasteiger partial charge < -0.3 is 16.2 Å². The van der Waals surface area contributed by atoms with Gasteiger partial charge in [-0.25, -0.2) is 4.79 Å². The van der Waals surface area contributed by atoms with Crippen LogP contribution >= 0.6 is 11.6 Å². The topological polar surface area (TPSA) is 92.4 Å². The molecule has 0 atom stereocenters. The van der Waals surface area contributed by atoms with Gasteiger partial charge in [0.25, 0.3) is 5.91 Å². The molecule has 21 heavy (non-hydrogen) atoms. The zero-order chi connectivity index (χ0) is 15.4. The van der Waals surface area contributed by atoms with E-state index >= 15 is 0 Å². The molecule has 0 aliphatic heterocycles. The van der Waals surface area contributed by atoms with Crippen LogP contribution in [0.25, 0.3) is 0 Å². The third-order valence-corrected chi connectivity index (χ3v) is 3.24. The van der Waals surface area contributed by atoms with Crippen molar-refractivity contribution in [2.75, 3.05) is 5.32 Å². The van der Waals surface area contributed by atoms with E-state index in [0.717, 1.165) is 5.56 Å². The van der Waals surface area contributed by atoms with E-state index in [1.807, 2.05) is 0 Å². The maximum atomic E-state index is 12.1. The SMILES string of the molecule is NCc1ccc(C(=O)Nc2ccc(Cl)c(C(=O)O)c2)cc1. The summed E-state index contributed by atoms with van der Waals surface area (Å²) in [4.78, 5) is 23.0. The number of nitrogens with one attached hydrogen (secondary N) is 1. The van der Waals surface area contributed by atoms with Crippen molar-refractivity contribution in [3.05, 3.63) is 64.2 Å². The van der Waals surface area contributed by atoms with Gasteiger partial charge in [0.2, 0.25) is 0 Å². The molecule has 0 aliphatic carbocycles. The lowest BCUT2D eigenvalue weighted by Crippen LogP contribution is -2.12. The molecule has 0 unspecified atom stereocenters. The number of nitrogens with two attached hydrogens (primary N) is 1. The number of halogens is 1. The molecule has 0 radical (unpaired) electrons. The van der Waals surface area contributed by atoms with Crippen molar-refractivity contribution in [1.82, 2.24) is 0 Å². The number of rotatable bonds is 4. The number of carbonyl (C=O) groups excluding carboxylic acids is 1. The second kappa shape index (κ2) is 6.39. The molecule has 0 aromatic heterocycles. The second-order valence-corrected chi connectivity index (χ2v) is 4.76. The van der Waals surface area contributed by atoms with Gasteiger partial charge in [0.15, 0.2) is 0 Å². The summed E-state index contributed by atoms with van der Waals surface area (Å²) in [5.74, 6) is -1.49. The predicted octanol–water partition coefficient (Wildman–Crippen LogP) is 2.75. The van der Waals surface area contributed by atoms with E-state index < -0.39 is 5.97 Å². The molecule has 0 heterocycles. The first-order valence-corrected chi connectivity index (χ1v) is 6.52. The van der Waals surface area contributed by atoms with Gasteiger partial charge in [-0.1, -0.05) is 23.7 Å². The zero-order valence-electron chi connectivity index (χ0n) is 11.0. The Kier molecular flexibility index (Phi) is 4.57. The number of hydrogen-bond acceptors (Lipinski definition) is 3. The summed E-state index contributed by atoms with van der Waals surface area (Å²) in [6.45, 7) is 0.404. The highest BCUT2D eigenvalue weighted by atomic mass is 35.5. The minimum Gasteiger partial charge on any atom is -0.478 e. The van der Waals surface area contributed by atoms with E-state index in [2.05, 4.69) is 5.32 Å². The Morgan fingerprint density at radius 3 is 2.38 bits per heavy atom. The molecule has 2 rings (SSSR count). The van der Waals surface area contributed by atoms with Crippen LogP contribution in [-0.4, -0.2) is 17.0 Å². The summed E-state index contributed by atoms with van der Waals surface area (Å²) in [5.41, 5.74) is 7.17. The lowest BCUT2D eigenvalue weighted by atomic mass is 10.1. The van der Waals surface area contributed by atoms with Crippen LogP contribution in [0, 0.1) is 0 Å². The number of carboxylic acids is 1. The first-order chi connectivity index (χ1) is 10.0. The number of aromatic carboxylic acids is 1. The Morgan fingerprint density at radius 1 is 1.14 bits per heavy atom. The van der Waals surface area contributed by atoms with E-state index in [4.69, 9.17) is 22.4 Å². The van der Waals surface area contributed by atoms with E-state index in [9.17, 15) is 9.59 Å². The van der Waals surface area contributed by atoms with Gasteiger partial charge in [0.05, 0.1) is 10.6 Å². The summed E-state index contributed by atoms with van der Waals surface area (Å²) < 4.78 is 0. The average Bonchev–Trinajstić information content (AvgIpc) is 2.49. The van der Waals surface area contributed by atoms with Crippen molar-refractivity contribution in [1.29, 1.82) is 0 Å². The van der Waals surface area contributed by atoms with Crippen LogP contribution in [0.1, 0.15) is 26.3 Å². The number of carbonyl (C=O) groups is 2. The molecule has 4 N–H and O–H groups in total. The first kappa shape index (κ1) is 15.0. The minimum atomic E-state index is -1.15. The Hall–Kier alpha value is -2.37. The van der Waals surface area contributed by atoms with Gasteiger partial charge in [-0.15, -0.1) is 0 Å². The smallest absolute Gasteiger partial charge is 0.337 e. The highest BCUT2D eigenvalue weighted by Gasteiger charge is 2.11. The van der Waals surface area contributed by atoms with Crippen molar-refractivity contribution >= 4 is 29.2 Å². The van der Waals surface area contributed by atoms with Crippen LogP contribution in [0.5, 0.6) is 0 Å². The number of hydrogen-bond donors (Lipinski definition) is 3. The first-order valence-electron chi connectivity index (χ1n) is 6.14. The van der Waals surface area contributed by atoms with Gasteiger partial charge in [-0.05, 0) is 35.9 Å². The Balaban J connectivity index is 2.19. The third kappa shape index (κ3) is 3.59. The second-order valence-electron chi connectivity index (χ2n) is 4.35. The fraction of sp³-hybridized carbons (Fsp3) is 0.0667. The van der Waals surface area contributed by atoms with Crippen molar-refractivity contribution in [2.45, 2.75) is 6.54 Å². The molecule has 0 fully saturated rings. The minimum absolute atomic E-state index is 0.0621. The number of anilines is 1. The quantitative estimate of drug-likeness (QED) is 0.809. The average molecular weight is 305 g/mol. The summed E-state index contributed by atoms with van der Waals surface area (Å²) in [7, 11) is 0. The summed E-state index contributed by atoms with van der Waals surface area (Å²) >= 11 is 5.77. The Morgan fingerprint density at radius 2 is 1.81 bits per heavy atom. The van der Waals surface area contributed by atoms with Crippen LogP contribution < -0.4 is 11.1 Å². The molecule has 5 nitrogen and oxygen atoms in total. The normalized spacial score (nSPS) is 10.2. The standard InChI is InChI=1S/C15H13ClN2O3/c16-13-6-5-11(7-12(13)15(20)21)18-14(19)10-3-1-9(8-17)2-4-10/h1-7H,8,17H2,(H,18,19)(H,20,21). The van der Waals surface area contributed by atoms with Crippen LogP contribution in [0.3, 0.4) is 0 Å². The Labute approximate surface area is 126 Å². The van der Waals surface area contributed by atoms with Crippen molar-refractivity contribution in [3.8, 4) is 0 Å². The maximum absolute atomic E-state index is 12.1. The molecule has 108 valence electrons. The molecule has 2 aromatic rings. The molecule has 0 spiro atoms. The molecule has 6 heteroatoms. The van der Waals surface area contributed by atoms with E-state index in [-0.39, 0.29) is 16.5 Å². The molecule has 0 saturated carbocycles. The van der Waals surface area contributed by atoms with Crippen molar-refractivity contribution in [2.24, 2.45) is 5.73 Å². The summed E-state index contributed by atoms with van der Waals surface area (Å²) in [6, 6.07) is 11.1. The lowest BCUT2D eigenvalue weighted by molar-refractivity contribution is 0.0696. The molecule has 0 bridgehead atoms. The van der Waals surface area contributed by atoms with Gasteiger partial charge in [-0.2, -0.15) is 0 Å². The van der Waals surface area contributed by atoms with Gasteiger partial charge in [-0.3, -0.25) is 4.79 Å². The van der Waals surface area contributed by atoms with Crippen molar-refractivity contribution in [3.63, 3.8) is 0 Å². The predicted molar refractivity (Wildman–Crippen MR) is 80.7 cm³/mol. The lowest BCUT2D eigenvalue weighted by Gasteiger charge is -2.07. The third-order valence-electron chi connectivity index (χ3n) is 2.91. The van der Waals surface area contributed by atoms with Gasteiger partial charge in [0, 0.05) is 17.8 Å². The monoisotopic (exact) mass is 304 g/mol. The van der Waals surface area contributed by atoms with Crippen molar-refractivity contribution < 1.29 is 14.7 Å². The molecular weight excluding hydrogens is 292 g/mol. The van der Waals surface area contributed by atoms with E-state index in [1.54, 1.807) is 30.3 Å². The van der Waals surface area contributed by atoms with Crippen LogP contribution in [0.2, 0.25) is 5.02 Å². The number of amides is 1. The largest absolute Gasteiger partial charge is 0.478 e. The summed E-state index contributed by atoms with van der Waals surface area (Å²) in [6.07, 6.45) is 0. The van der Waals surface area contributed by atoms with Crippen LogP contribution in [0.15, 0.2) is 42.5 Å². The number of benzene rings is 2. The number of carboxylic acid groups (broad SMARTS) is 1. The fourth-order valence-electron chi connectivity index (χ4n) is 1.76. The zero-order valence-corrected chi connectivity index (χ0v) is 11.7. The fourth-order valence-corrected chi connectivity index (χ4v) is 1.96. The van der Waals surface area contributed by atoms with E-state index in [1.165, 1.54) is 12.1 Å². The summed E-state index contributed by atoms with van der Waals surface area (Å²) in [5, 5.41) is 11.7. The highest BCUT2D eigenvalue weighted by Crippen LogP contribution is 2.21. The van der Waals surface area contributed by atoms with Crippen LogP contribution in [0.4, 0.5) is 5.69 Å². The van der Waals surface area contributed by atoms with Gasteiger partial charge in [0.1, 0.15) is 0 Å². The van der Waals surface area contributed by atoms with E-state index in [0.29, 0.717) is 17.8 Å². The van der Waals surface area contributed by atoms with Gasteiger partial charge >= 0.3 is 5.97 Å². The molecule has 0 saturated heterocycles. The van der Waals surface area contributed by atoms with Crippen LogP contribution in [-0.2, 0) is 6.54 Å². The molecule has 1 amide bonds. The Bertz CT molecular complexity index is 684. The molecule has 2 aromatic carbocycles.